The fraction of sp³-hybridized carbons (Fsp3) is 0.500. The average Bonchev–Trinajstić information content (AvgIpc) is 2.71. The van der Waals surface area contributed by atoms with Crippen molar-refractivity contribution in [1.82, 2.24) is 15.6 Å². The molecule has 0 aromatic carbocycles. The third-order valence-electron chi connectivity index (χ3n) is 1.86. The lowest BCUT2D eigenvalue weighted by Crippen LogP contribution is -2.31. The van der Waals surface area contributed by atoms with Gasteiger partial charge in [-0.25, -0.2) is 4.98 Å². The van der Waals surface area contributed by atoms with Gasteiger partial charge in [0.1, 0.15) is 5.69 Å². The standard InChI is InChI=1S/C10H16N4O2S.2ClH/c1-3-11-4-5-12-9(16)8-6-17-10(14-8)13-7(2)15;;/h6,11H,3-5H2,1-2H3,(H,12,16)(H,13,14,15);2*1H. The molecular weight excluding hydrogens is 311 g/mol. The van der Waals surface area contributed by atoms with Crippen LogP contribution in [0.4, 0.5) is 5.13 Å². The second-order valence-electron chi connectivity index (χ2n) is 3.33. The van der Waals surface area contributed by atoms with E-state index in [1.54, 1.807) is 5.38 Å². The minimum atomic E-state index is -0.226. The molecule has 0 saturated heterocycles. The lowest BCUT2D eigenvalue weighted by molar-refractivity contribution is -0.114. The monoisotopic (exact) mass is 328 g/mol. The predicted octanol–water partition coefficient (Wildman–Crippen LogP) is 1.28. The van der Waals surface area contributed by atoms with Crippen LogP contribution in [0.25, 0.3) is 0 Å². The number of thiazole rings is 1. The molecule has 1 rings (SSSR count). The minimum Gasteiger partial charge on any atom is -0.349 e. The van der Waals surface area contributed by atoms with Gasteiger partial charge in [-0.2, -0.15) is 0 Å². The molecule has 0 spiro atoms. The molecule has 6 nitrogen and oxygen atoms in total. The molecule has 0 radical (unpaired) electrons. The summed E-state index contributed by atoms with van der Waals surface area (Å²) in [6.45, 7) is 5.56. The van der Waals surface area contributed by atoms with Crippen molar-refractivity contribution in [3.05, 3.63) is 11.1 Å². The number of amides is 2. The number of aromatic nitrogens is 1. The van der Waals surface area contributed by atoms with E-state index < -0.39 is 0 Å². The average molecular weight is 329 g/mol. The number of anilines is 1. The Hall–Kier alpha value is -0.890. The molecule has 1 aromatic rings. The molecule has 2 amide bonds. The van der Waals surface area contributed by atoms with Crippen LogP contribution in [0.5, 0.6) is 0 Å². The molecule has 1 aromatic heterocycles. The van der Waals surface area contributed by atoms with Gasteiger partial charge in [0, 0.05) is 25.4 Å². The topological polar surface area (TPSA) is 83.1 Å². The van der Waals surface area contributed by atoms with E-state index in [0.717, 1.165) is 13.1 Å². The second kappa shape index (κ2) is 11.0. The molecule has 0 saturated carbocycles. The number of likely N-dealkylation sites (N-methyl/N-ethyl adjacent to an activating group) is 1. The second-order valence-corrected chi connectivity index (χ2v) is 4.19. The van der Waals surface area contributed by atoms with Crippen LogP contribution in [0.1, 0.15) is 24.3 Å². The molecule has 0 aliphatic carbocycles. The maximum Gasteiger partial charge on any atom is 0.270 e. The Bertz CT molecular complexity index is 401. The zero-order valence-corrected chi connectivity index (χ0v) is 13.1. The number of nitrogens with zero attached hydrogens (tertiary/aromatic N) is 1. The van der Waals surface area contributed by atoms with E-state index in [1.807, 2.05) is 6.92 Å². The van der Waals surface area contributed by atoms with E-state index in [9.17, 15) is 9.59 Å². The molecule has 3 N–H and O–H groups in total. The van der Waals surface area contributed by atoms with Gasteiger partial charge in [-0.05, 0) is 6.54 Å². The van der Waals surface area contributed by atoms with Crippen LogP contribution in [0, 0.1) is 0 Å². The zero-order chi connectivity index (χ0) is 12.7. The molecule has 9 heteroatoms. The zero-order valence-electron chi connectivity index (χ0n) is 10.7. The Labute approximate surface area is 128 Å². The summed E-state index contributed by atoms with van der Waals surface area (Å²) in [5.74, 6) is -0.422. The molecule has 0 fully saturated rings. The summed E-state index contributed by atoms with van der Waals surface area (Å²) in [5.41, 5.74) is 0.329. The van der Waals surface area contributed by atoms with Gasteiger partial charge in [0.15, 0.2) is 5.13 Å². The van der Waals surface area contributed by atoms with Gasteiger partial charge >= 0.3 is 0 Å². The number of rotatable bonds is 6. The minimum absolute atomic E-state index is 0. The van der Waals surface area contributed by atoms with Crippen molar-refractivity contribution in [1.29, 1.82) is 0 Å². The molecule has 0 bridgehead atoms. The van der Waals surface area contributed by atoms with E-state index in [2.05, 4.69) is 20.9 Å². The Morgan fingerprint density at radius 3 is 2.58 bits per heavy atom. The quantitative estimate of drug-likeness (QED) is 0.687. The highest BCUT2D eigenvalue weighted by molar-refractivity contribution is 7.14. The van der Waals surface area contributed by atoms with Crippen molar-refractivity contribution in [2.24, 2.45) is 0 Å². The summed E-state index contributed by atoms with van der Waals surface area (Å²) in [4.78, 5) is 26.4. The summed E-state index contributed by atoms with van der Waals surface area (Å²) in [5, 5.41) is 10.4. The van der Waals surface area contributed by atoms with Crippen LogP contribution >= 0.6 is 36.2 Å². The van der Waals surface area contributed by atoms with E-state index in [4.69, 9.17) is 0 Å². The van der Waals surface area contributed by atoms with Crippen LogP contribution in [0.15, 0.2) is 5.38 Å². The van der Waals surface area contributed by atoms with Crippen molar-refractivity contribution < 1.29 is 9.59 Å². The summed E-state index contributed by atoms with van der Waals surface area (Å²) >= 11 is 1.23. The largest absolute Gasteiger partial charge is 0.349 e. The maximum atomic E-state index is 11.6. The fourth-order valence-electron chi connectivity index (χ4n) is 1.12. The first-order chi connectivity index (χ1) is 8.13. The first-order valence-electron chi connectivity index (χ1n) is 5.35. The summed E-state index contributed by atoms with van der Waals surface area (Å²) < 4.78 is 0. The van der Waals surface area contributed by atoms with Crippen molar-refractivity contribution >= 4 is 53.1 Å². The Morgan fingerprint density at radius 2 is 2.00 bits per heavy atom. The van der Waals surface area contributed by atoms with Gasteiger partial charge in [0.2, 0.25) is 5.91 Å². The fourth-order valence-corrected chi connectivity index (χ4v) is 1.85. The third-order valence-corrected chi connectivity index (χ3v) is 2.61. The van der Waals surface area contributed by atoms with Crippen molar-refractivity contribution in [2.45, 2.75) is 13.8 Å². The number of carbonyl (C=O) groups is 2. The van der Waals surface area contributed by atoms with Gasteiger partial charge in [-0.1, -0.05) is 6.92 Å². The molecule has 0 aliphatic heterocycles. The molecule has 0 unspecified atom stereocenters. The van der Waals surface area contributed by atoms with Crippen molar-refractivity contribution in [3.63, 3.8) is 0 Å². The van der Waals surface area contributed by atoms with Crippen LogP contribution < -0.4 is 16.0 Å². The number of nitrogens with one attached hydrogen (secondary N) is 3. The summed E-state index contributed by atoms with van der Waals surface area (Å²) in [6, 6.07) is 0. The smallest absolute Gasteiger partial charge is 0.270 e. The number of hydrogen-bond donors (Lipinski definition) is 3. The van der Waals surface area contributed by atoms with Crippen LogP contribution in [-0.2, 0) is 4.79 Å². The highest BCUT2D eigenvalue weighted by Crippen LogP contribution is 2.14. The molecule has 1 heterocycles. The number of hydrogen-bond acceptors (Lipinski definition) is 5. The molecule has 19 heavy (non-hydrogen) atoms. The first-order valence-corrected chi connectivity index (χ1v) is 6.23. The summed E-state index contributed by atoms with van der Waals surface area (Å²) in [7, 11) is 0. The van der Waals surface area contributed by atoms with Gasteiger partial charge in [-0.15, -0.1) is 36.2 Å². The lowest BCUT2D eigenvalue weighted by Gasteiger charge is -2.03. The van der Waals surface area contributed by atoms with Gasteiger partial charge in [0.05, 0.1) is 0 Å². The van der Waals surface area contributed by atoms with Crippen molar-refractivity contribution in [3.8, 4) is 0 Å². The van der Waals surface area contributed by atoms with Gasteiger partial charge < -0.3 is 16.0 Å². The number of carbonyl (C=O) groups excluding carboxylic acids is 2. The normalized spacial score (nSPS) is 8.95. The van der Waals surface area contributed by atoms with Crippen LogP contribution in [-0.4, -0.2) is 36.4 Å². The molecule has 110 valence electrons. The predicted molar refractivity (Wildman–Crippen MR) is 81.8 cm³/mol. The molecule has 0 aliphatic rings. The maximum absolute atomic E-state index is 11.6. The molecule has 0 atom stereocenters. The van der Waals surface area contributed by atoms with Crippen LogP contribution in [0.3, 0.4) is 0 Å². The van der Waals surface area contributed by atoms with E-state index in [-0.39, 0.29) is 36.6 Å². The third kappa shape index (κ3) is 7.99. The van der Waals surface area contributed by atoms with E-state index in [1.165, 1.54) is 18.3 Å². The molecular formula is C10H18Cl2N4O2S. The number of halogens is 2. The van der Waals surface area contributed by atoms with Crippen LogP contribution in [0.2, 0.25) is 0 Å². The van der Waals surface area contributed by atoms with Gasteiger partial charge in [0.25, 0.3) is 5.91 Å². The van der Waals surface area contributed by atoms with Gasteiger partial charge in [-0.3, -0.25) is 9.59 Å². The Balaban J connectivity index is 0. The highest BCUT2D eigenvalue weighted by Gasteiger charge is 2.10. The van der Waals surface area contributed by atoms with Crippen molar-refractivity contribution in [2.75, 3.05) is 25.0 Å². The first kappa shape index (κ1) is 20.4. The Morgan fingerprint density at radius 1 is 1.32 bits per heavy atom. The Kier molecular flexibility index (Phi) is 11.8. The van der Waals surface area contributed by atoms with E-state index in [0.29, 0.717) is 17.4 Å². The highest BCUT2D eigenvalue weighted by atomic mass is 35.5. The lowest BCUT2D eigenvalue weighted by atomic mass is 10.4. The summed E-state index contributed by atoms with van der Waals surface area (Å²) in [6.07, 6.45) is 0. The van der Waals surface area contributed by atoms with E-state index >= 15 is 0 Å². The SMILES string of the molecule is CCNCCNC(=O)c1csc(NC(C)=O)n1.Cl.Cl.